The van der Waals surface area contributed by atoms with E-state index in [-0.39, 0.29) is 0 Å². The Morgan fingerprint density at radius 1 is 1.35 bits per heavy atom. The minimum absolute atomic E-state index is 0.762. The third kappa shape index (κ3) is 6.36. The summed E-state index contributed by atoms with van der Waals surface area (Å²) in [6.45, 7) is 4.21. The lowest BCUT2D eigenvalue weighted by Gasteiger charge is -2.20. The predicted molar refractivity (Wildman–Crippen MR) is 59.3 cm³/mol. The van der Waals surface area contributed by atoms with Crippen molar-refractivity contribution >= 4 is 26.1 Å². The van der Waals surface area contributed by atoms with Crippen molar-refractivity contribution in [3.63, 3.8) is 0 Å². The van der Waals surface area contributed by atoms with Gasteiger partial charge in [0.2, 0.25) is 5.91 Å². The first-order valence-electron chi connectivity index (χ1n) is 4.31. The summed E-state index contributed by atoms with van der Waals surface area (Å²) in [6.07, 6.45) is 0.762. The Hall–Kier alpha value is -0.970. The molecule has 17 heavy (non-hydrogen) atoms. The maximum absolute atomic E-state index is 10.9. The van der Waals surface area contributed by atoms with Crippen LogP contribution in [0.5, 0.6) is 0 Å². The van der Waals surface area contributed by atoms with Crippen molar-refractivity contribution in [3.05, 3.63) is 12.7 Å². The van der Waals surface area contributed by atoms with Crippen molar-refractivity contribution in [2.75, 3.05) is 5.75 Å². The highest BCUT2D eigenvalue weighted by molar-refractivity contribution is 7.87. The molecule has 0 aromatic carbocycles. The smallest absolute Gasteiger partial charge is 0.286 e. The second-order valence-electron chi connectivity index (χ2n) is 3.37. The van der Waals surface area contributed by atoms with Gasteiger partial charge in [0.1, 0.15) is 0 Å². The van der Waals surface area contributed by atoms with Gasteiger partial charge in [0.05, 0.1) is 5.75 Å². The highest BCUT2D eigenvalue weighted by Gasteiger charge is 2.32. The number of carbonyl (C=O) groups excluding carboxylic acids is 1. The van der Waals surface area contributed by atoms with Crippen LogP contribution in [0.1, 0.15) is 6.92 Å². The first-order valence-corrected chi connectivity index (χ1v) is 7.43. The van der Waals surface area contributed by atoms with Crippen molar-refractivity contribution in [2.45, 2.75) is 12.3 Å². The van der Waals surface area contributed by atoms with Gasteiger partial charge >= 0.3 is 0 Å². The molecule has 0 aliphatic carbocycles. The van der Waals surface area contributed by atoms with Crippen molar-refractivity contribution in [3.8, 4) is 0 Å². The molecule has 0 bridgehead atoms. The van der Waals surface area contributed by atoms with E-state index in [1.165, 1.54) is 0 Å². The summed E-state index contributed by atoms with van der Waals surface area (Å²) in [5.74, 6) is -3.05. The maximum Gasteiger partial charge on any atom is 0.286 e. The zero-order valence-electron chi connectivity index (χ0n) is 8.90. The third-order valence-corrected chi connectivity index (χ3v) is 3.95. The number of amides is 1. The molecule has 0 saturated heterocycles. The molecule has 10 heteroatoms. The molecule has 3 N–H and O–H groups in total. The number of hydrogen-bond donors (Lipinski definition) is 3. The van der Waals surface area contributed by atoms with Crippen LogP contribution in [-0.4, -0.2) is 43.0 Å². The van der Waals surface area contributed by atoms with Gasteiger partial charge in [-0.05, 0) is 6.08 Å². The van der Waals surface area contributed by atoms with Crippen molar-refractivity contribution in [1.29, 1.82) is 0 Å². The number of rotatable bonds is 6. The maximum atomic E-state index is 10.9. The van der Waals surface area contributed by atoms with Gasteiger partial charge in [0, 0.05) is 5.92 Å². The van der Waals surface area contributed by atoms with Crippen molar-refractivity contribution < 1.29 is 30.7 Å². The zero-order valence-corrected chi connectivity index (χ0v) is 10.5. The molecule has 0 saturated carbocycles. The highest BCUT2D eigenvalue weighted by atomic mass is 32.2. The third-order valence-electron chi connectivity index (χ3n) is 1.78. The number of nitrogens with one attached hydrogen (secondary N) is 1. The van der Waals surface area contributed by atoms with Gasteiger partial charge in [0.25, 0.3) is 20.2 Å². The molecule has 0 aliphatic heterocycles. The molecule has 0 spiro atoms. The van der Waals surface area contributed by atoms with Gasteiger partial charge in [-0.3, -0.25) is 13.9 Å². The van der Waals surface area contributed by atoms with Crippen LogP contribution in [0.2, 0.25) is 0 Å². The Morgan fingerprint density at radius 3 is 2.12 bits per heavy atom. The average Bonchev–Trinajstić information content (AvgIpc) is 2.08. The Labute approximate surface area is 99.2 Å². The largest absolute Gasteiger partial charge is 0.334 e. The Kier molecular flexibility index (Phi) is 5.26. The van der Waals surface area contributed by atoms with E-state index in [9.17, 15) is 21.6 Å². The molecule has 2 atom stereocenters. The summed E-state index contributed by atoms with van der Waals surface area (Å²) in [4.78, 5) is 10.9. The minimum atomic E-state index is -4.70. The second-order valence-corrected chi connectivity index (χ2v) is 6.41. The molecule has 1 amide bonds. The van der Waals surface area contributed by atoms with Crippen LogP contribution >= 0.6 is 0 Å². The summed E-state index contributed by atoms with van der Waals surface area (Å²) in [6, 6.07) is 0. The molecular weight excluding hydrogens is 274 g/mol. The lowest BCUT2D eigenvalue weighted by Crippen LogP contribution is -2.46. The molecule has 0 aliphatic rings. The van der Waals surface area contributed by atoms with Crippen LogP contribution < -0.4 is 5.32 Å². The van der Waals surface area contributed by atoms with Gasteiger partial charge in [0.15, 0.2) is 5.37 Å². The summed E-state index contributed by atoms with van der Waals surface area (Å²) in [5, 5.41) is 0.0204. The summed E-state index contributed by atoms with van der Waals surface area (Å²) < 4.78 is 60.4. The molecular formula is C7H13NO7S2. The molecule has 2 unspecified atom stereocenters. The lowest BCUT2D eigenvalue weighted by atomic mass is 10.2. The molecule has 0 heterocycles. The van der Waals surface area contributed by atoms with E-state index in [2.05, 4.69) is 6.58 Å². The summed E-state index contributed by atoms with van der Waals surface area (Å²) in [5.41, 5.74) is 0. The SMILES string of the molecule is C=CC(=O)NC(C(C)CS(=O)(=O)O)S(=O)(=O)O. The fourth-order valence-corrected chi connectivity index (χ4v) is 3.06. The highest BCUT2D eigenvalue weighted by Crippen LogP contribution is 2.11. The average molecular weight is 287 g/mol. The van der Waals surface area contributed by atoms with Crippen LogP contribution in [0.25, 0.3) is 0 Å². The summed E-state index contributed by atoms with van der Waals surface area (Å²) in [7, 11) is -9.12. The van der Waals surface area contributed by atoms with Crippen LogP contribution in [0.3, 0.4) is 0 Å². The van der Waals surface area contributed by atoms with E-state index in [1.54, 1.807) is 0 Å². The Morgan fingerprint density at radius 2 is 1.82 bits per heavy atom. The molecule has 8 nitrogen and oxygen atoms in total. The van der Waals surface area contributed by atoms with Crippen LogP contribution in [-0.2, 0) is 25.0 Å². The summed E-state index contributed by atoms with van der Waals surface area (Å²) >= 11 is 0. The fraction of sp³-hybridized carbons (Fsp3) is 0.571. The van der Waals surface area contributed by atoms with E-state index in [0.717, 1.165) is 13.0 Å². The second kappa shape index (κ2) is 5.58. The molecule has 0 radical (unpaired) electrons. The molecule has 0 aromatic rings. The minimum Gasteiger partial charge on any atom is -0.334 e. The van der Waals surface area contributed by atoms with Gasteiger partial charge in [-0.25, -0.2) is 0 Å². The van der Waals surface area contributed by atoms with E-state index in [1.807, 2.05) is 5.32 Å². The normalized spacial score (nSPS) is 15.9. The number of hydrogen-bond acceptors (Lipinski definition) is 5. The Balaban J connectivity index is 5.07. The predicted octanol–water partition coefficient (Wildman–Crippen LogP) is -0.974. The van der Waals surface area contributed by atoms with E-state index in [4.69, 9.17) is 9.11 Å². The van der Waals surface area contributed by atoms with Gasteiger partial charge in [-0.2, -0.15) is 16.8 Å². The monoisotopic (exact) mass is 287 g/mol. The van der Waals surface area contributed by atoms with Crippen molar-refractivity contribution in [2.24, 2.45) is 5.92 Å². The molecule has 0 fully saturated rings. The quantitative estimate of drug-likeness (QED) is 0.422. The van der Waals surface area contributed by atoms with E-state index in [0.29, 0.717) is 0 Å². The van der Waals surface area contributed by atoms with Crippen LogP contribution in [0.15, 0.2) is 12.7 Å². The van der Waals surface area contributed by atoms with Crippen LogP contribution in [0.4, 0.5) is 0 Å². The topological polar surface area (TPSA) is 138 Å². The van der Waals surface area contributed by atoms with E-state index >= 15 is 0 Å². The lowest BCUT2D eigenvalue weighted by molar-refractivity contribution is -0.116. The molecule has 0 rings (SSSR count). The first-order chi connectivity index (χ1) is 7.47. The fourth-order valence-electron chi connectivity index (χ4n) is 1.13. The van der Waals surface area contributed by atoms with Gasteiger partial charge in [-0.1, -0.05) is 13.5 Å². The molecule has 0 aromatic heterocycles. The Bertz CT molecular complexity index is 492. The van der Waals surface area contributed by atoms with Gasteiger partial charge < -0.3 is 5.32 Å². The zero-order chi connectivity index (χ0) is 13.9. The van der Waals surface area contributed by atoms with Gasteiger partial charge in [-0.15, -0.1) is 0 Å². The first kappa shape index (κ1) is 16.0. The van der Waals surface area contributed by atoms with Crippen LogP contribution in [0, 0.1) is 5.92 Å². The number of carbonyl (C=O) groups is 1. The van der Waals surface area contributed by atoms with Crippen molar-refractivity contribution in [1.82, 2.24) is 5.32 Å². The van der Waals surface area contributed by atoms with E-state index < -0.39 is 43.2 Å². The standard InChI is InChI=1S/C7H13NO7S2/c1-3-6(9)8-7(17(13,14)15)5(2)4-16(10,11)12/h3,5,7H,1,4H2,2H3,(H,8,9)(H,10,11,12)(H,13,14,15). The molecule has 100 valence electrons.